The lowest BCUT2D eigenvalue weighted by Gasteiger charge is -2.16. The van der Waals surface area contributed by atoms with E-state index < -0.39 is 0 Å². The molecule has 0 spiro atoms. The summed E-state index contributed by atoms with van der Waals surface area (Å²) < 4.78 is 7.16. The van der Waals surface area contributed by atoms with Crippen molar-refractivity contribution in [2.75, 3.05) is 17.7 Å². The fourth-order valence-corrected chi connectivity index (χ4v) is 3.97. The molecule has 27 heavy (non-hydrogen) atoms. The van der Waals surface area contributed by atoms with Gasteiger partial charge < -0.3 is 10.1 Å². The Labute approximate surface area is 162 Å². The standard InChI is InChI=1S/C19H26N4O3S/c1-12(2)15-8-4-6-13(3)17(15)20-16(24)11-27-19-22-21-18(25)23(19)10-14-7-5-9-26-14/h4,6,8,12,14H,5,7,9-11H2,1-3H3,(H,20,24)(H,21,25). The van der Waals surface area contributed by atoms with Gasteiger partial charge in [-0.1, -0.05) is 43.8 Å². The minimum absolute atomic E-state index is 0.0362. The number of anilines is 1. The number of nitrogens with one attached hydrogen (secondary N) is 2. The molecule has 0 bridgehead atoms. The van der Waals surface area contributed by atoms with E-state index in [9.17, 15) is 9.59 Å². The maximum Gasteiger partial charge on any atom is 0.344 e. The van der Waals surface area contributed by atoms with Gasteiger partial charge in [-0.05, 0) is 36.8 Å². The van der Waals surface area contributed by atoms with Crippen molar-refractivity contribution < 1.29 is 9.53 Å². The third-order valence-corrected chi connectivity index (χ3v) is 5.63. The molecule has 1 aromatic heterocycles. The van der Waals surface area contributed by atoms with Gasteiger partial charge in [0.2, 0.25) is 5.91 Å². The van der Waals surface area contributed by atoms with Gasteiger partial charge in [-0.25, -0.2) is 9.89 Å². The number of nitrogens with zero attached hydrogens (tertiary/aromatic N) is 2. The first-order valence-corrected chi connectivity index (χ1v) is 10.2. The Morgan fingerprint density at radius 3 is 3.00 bits per heavy atom. The lowest BCUT2D eigenvalue weighted by molar-refractivity contribution is -0.113. The zero-order valence-electron chi connectivity index (χ0n) is 15.9. The minimum Gasteiger partial charge on any atom is -0.376 e. The van der Waals surface area contributed by atoms with Crippen molar-refractivity contribution in [3.63, 3.8) is 0 Å². The summed E-state index contributed by atoms with van der Waals surface area (Å²) in [6, 6.07) is 6.03. The molecule has 1 saturated heterocycles. The van der Waals surface area contributed by atoms with E-state index >= 15 is 0 Å². The molecule has 1 atom stereocenters. The number of carbonyl (C=O) groups is 1. The molecule has 1 aromatic carbocycles. The van der Waals surface area contributed by atoms with Gasteiger partial charge in [0.15, 0.2) is 5.16 Å². The zero-order valence-corrected chi connectivity index (χ0v) is 16.8. The van der Waals surface area contributed by atoms with Crippen LogP contribution in [-0.2, 0) is 16.1 Å². The van der Waals surface area contributed by atoms with Gasteiger partial charge >= 0.3 is 5.69 Å². The van der Waals surface area contributed by atoms with E-state index in [2.05, 4.69) is 29.4 Å². The van der Waals surface area contributed by atoms with E-state index in [-0.39, 0.29) is 23.5 Å². The Morgan fingerprint density at radius 1 is 1.48 bits per heavy atom. The summed E-state index contributed by atoms with van der Waals surface area (Å²) in [6.45, 7) is 7.40. The van der Waals surface area contributed by atoms with Crippen LogP contribution in [0.1, 0.15) is 43.7 Å². The number of aromatic nitrogens is 3. The average Bonchev–Trinajstić information content (AvgIpc) is 3.26. The predicted octanol–water partition coefficient (Wildman–Crippen LogP) is 2.91. The molecule has 7 nitrogen and oxygen atoms in total. The maximum absolute atomic E-state index is 12.5. The molecule has 1 amide bonds. The van der Waals surface area contributed by atoms with E-state index in [1.165, 1.54) is 11.8 Å². The molecular weight excluding hydrogens is 364 g/mol. The molecule has 146 valence electrons. The van der Waals surface area contributed by atoms with Crippen LogP contribution >= 0.6 is 11.8 Å². The van der Waals surface area contributed by atoms with Gasteiger partial charge in [0.05, 0.1) is 18.4 Å². The van der Waals surface area contributed by atoms with E-state index in [0.29, 0.717) is 17.6 Å². The van der Waals surface area contributed by atoms with Crippen LogP contribution in [0.3, 0.4) is 0 Å². The first kappa shape index (κ1) is 19.7. The van der Waals surface area contributed by atoms with Crippen molar-refractivity contribution in [1.29, 1.82) is 0 Å². The number of hydrogen-bond acceptors (Lipinski definition) is 5. The number of hydrogen-bond donors (Lipinski definition) is 2. The highest BCUT2D eigenvalue weighted by Crippen LogP contribution is 2.28. The second-order valence-electron chi connectivity index (χ2n) is 7.09. The number of aromatic amines is 1. The van der Waals surface area contributed by atoms with Gasteiger partial charge in [0.25, 0.3) is 0 Å². The van der Waals surface area contributed by atoms with Crippen LogP contribution in [0.15, 0.2) is 28.2 Å². The monoisotopic (exact) mass is 390 g/mol. The van der Waals surface area contributed by atoms with Crippen LogP contribution < -0.4 is 11.0 Å². The quantitative estimate of drug-likeness (QED) is 0.710. The van der Waals surface area contributed by atoms with Crippen molar-refractivity contribution in [1.82, 2.24) is 14.8 Å². The second-order valence-corrected chi connectivity index (χ2v) is 8.03. The molecule has 1 unspecified atom stereocenters. The molecule has 8 heteroatoms. The molecule has 3 rings (SSSR count). The normalized spacial score (nSPS) is 16.8. The molecule has 1 fully saturated rings. The lowest BCUT2D eigenvalue weighted by atomic mass is 9.98. The number of carbonyl (C=O) groups excluding carboxylic acids is 1. The van der Waals surface area contributed by atoms with Crippen molar-refractivity contribution in [3.05, 3.63) is 39.8 Å². The van der Waals surface area contributed by atoms with E-state index in [4.69, 9.17) is 4.74 Å². The Kier molecular flexibility index (Phi) is 6.38. The van der Waals surface area contributed by atoms with Crippen molar-refractivity contribution >= 4 is 23.4 Å². The van der Waals surface area contributed by atoms with Gasteiger partial charge in [-0.15, -0.1) is 5.10 Å². The van der Waals surface area contributed by atoms with Crippen LogP contribution in [-0.4, -0.2) is 39.1 Å². The predicted molar refractivity (Wildman–Crippen MR) is 106 cm³/mol. The number of thioether (sulfide) groups is 1. The molecule has 0 radical (unpaired) electrons. The highest BCUT2D eigenvalue weighted by molar-refractivity contribution is 7.99. The summed E-state index contributed by atoms with van der Waals surface area (Å²) in [5, 5.41) is 10.1. The van der Waals surface area contributed by atoms with Gasteiger partial charge in [0.1, 0.15) is 0 Å². The van der Waals surface area contributed by atoms with Gasteiger partial charge in [-0.3, -0.25) is 9.36 Å². The molecule has 0 aliphatic carbocycles. The number of aryl methyl sites for hydroxylation is 1. The zero-order chi connectivity index (χ0) is 19.4. The largest absolute Gasteiger partial charge is 0.376 e. The number of para-hydroxylation sites is 1. The maximum atomic E-state index is 12.5. The second kappa shape index (κ2) is 8.75. The molecule has 1 aliphatic heterocycles. The fraction of sp³-hybridized carbons (Fsp3) is 0.526. The van der Waals surface area contributed by atoms with Crippen LogP contribution in [0.4, 0.5) is 5.69 Å². The smallest absolute Gasteiger partial charge is 0.344 e. The summed E-state index contributed by atoms with van der Waals surface area (Å²) in [4.78, 5) is 24.5. The first-order chi connectivity index (χ1) is 13.0. The lowest BCUT2D eigenvalue weighted by Crippen LogP contribution is -2.25. The van der Waals surface area contributed by atoms with Crippen LogP contribution in [0.2, 0.25) is 0 Å². The molecular formula is C19H26N4O3S. The summed E-state index contributed by atoms with van der Waals surface area (Å²) in [5.74, 6) is 0.382. The molecule has 0 saturated carbocycles. The van der Waals surface area contributed by atoms with E-state index in [1.54, 1.807) is 4.57 Å². The molecule has 2 N–H and O–H groups in total. The Morgan fingerprint density at radius 2 is 2.30 bits per heavy atom. The number of rotatable bonds is 7. The number of H-pyrrole nitrogens is 1. The Hall–Kier alpha value is -2.06. The first-order valence-electron chi connectivity index (χ1n) is 9.24. The van der Waals surface area contributed by atoms with E-state index in [1.807, 2.05) is 25.1 Å². The molecule has 2 aromatic rings. The molecule has 2 heterocycles. The summed E-state index contributed by atoms with van der Waals surface area (Å²) in [7, 11) is 0. The van der Waals surface area contributed by atoms with Crippen molar-refractivity contribution in [3.8, 4) is 0 Å². The highest BCUT2D eigenvalue weighted by atomic mass is 32.2. The SMILES string of the molecule is Cc1cccc(C(C)C)c1NC(=O)CSc1n[nH]c(=O)n1CC1CCCO1. The summed E-state index contributed by atoms with van der Waals surface area (Å²) in [6.07, 6.45) is 1.98. The van der Waals surface area contributed by atoms with Crippen molar-refractivity contribution in [2.24, 2.45) is 0 Å². The van der Waals surface area contributed by atoms with E-state index in [0.717, 1.165) is 36.3 Å². The summed E-state index contributed by atoms with van der Waals surface area (Å²) >= 11 is 1.25. The number of amides is 1. The Bertz CT molecular complexity index is 853. The van der Waals surface area contributed by atoms with Gasteiger partial charge in [0, 0.05) is 12.3 Å². The number of benzene rings is 1. The highest BCUT2D eigenvalue weighted by Gasteiger charge is 2.20. The third kappa shape index (κ3) is 4.81. The average molecular weight is 391 g/mol. The Balaban J connectivity index is 1.64. The van der Waals surface area contributed by atoms with Crippen molar-refractivity contribution in [2.45, 2.75) is 57.3 Å². The fourth-order valence-electron chi connectivity index (χ4n) is 3.21. The third-order valence-electron chi connectivity index (χ3n) is 4.66. The summed E-state index contributed by atoms with van der Waals surface area (Å²) in [5.41, 5.74) is 2.75. The van der Waals surface area contributed by atoms with Crippen LogP contribution in [0, 0.1) is 6.92 Å². The van der Waals surface area contributed by atoms with Gasteiger partial charge in [-0.2, -0.15) is 0 Å². The number of ether oxygens (including phenoxy) is 1. The van der Waals surface area contributed by atoms with Crippen LogP contribution in [0.5, 0.6) is 0 Å². The minimum atomic E-state index is -0.269. The topological polar surface area (TPSA) is 89.0 Å². The van der Waals surface area contributed by atoms with Crippen LogP contribution in [0.25, 0.3) is 0 Å². The molecule has 1 aliphatic rings.